The van der Waals surface area contributed by atoms with Crippen molar-refractivity contribution in [1.29, 1.82) is 0 Å². The van der Waals surface area contributed by atoms with Crippen LogP contribution in [-0.4, -0.2) is 29.1 Å². The normalized spacial score (nSPS) is 11.7. The van der Waals surface area contributed by atoms with Gasteiger partial charge in [-0.15, -0.1) is 11.3 Å². The minimum atomic E-state index is -1.20. The quantitative estimate of drug-likeness (QED) is 0.588. The molecule has 0 aliphatic rings. The molecule has 1 unspecified atom stereocenters. The van der Waals surface area contributed by atoms with Crippen molar-refractivity contribution in [3.8, 4) is 0 Å². The van der Waals surface area contributed by atoms with Crippen molar-refractivity contribution in [1.82, 2.24) is 10.6 Å². The zero-order valence-corrected chi connectivity index (χ0v) is 11.8. The zero-order valence-electron chi connectivity index (χ0n) is 11.0. The summed E-state index contributed by atoms with van der Waals surface area (Å²) in [6.07, 6.45) is -0.127. The Labute approximate surface area is 120 Å². The Kier molecular flexibility index (Phi) is 5.98. The molecule has 7 nitrogen and oxygen atoms in total. The molecule has 5 N–H and O–H groups in total. The largest absolute Gasteiger partial charge is 0.480 e. The maximum Gasteiger partial charge on any atom is 0.326 e. The molecule has 0 aliphatic heterocycles. The van der Waals surface area contributed by atoms with Crippen LogP contribution in [0.3, 0.4) is 0 Å². The van der Waals surface area contributed by atoms with Gasteiger partial charge in [-0.1, -0.05) is 0 Å². The number of aliphatic carboxylic acids is 1. The van der Waals surface area contributed by atoms with Gasteiger partial charge in [-0.2, -0.15) is 0 Å². The van der Waals surface area contributed by atoms with Gasteiger partial charge in [-0.05, 0) is 25.5 Å². The lowest BCUT2D eigenvalue weighted by atomic mass is 10.1. The average Bonchev–Trinajstić information content (AvgIpc) is 2.77. The first-order valence-electron chi connectivity index (χ1n) is 5.99. The van der Waals surface area contributed by atoms with Crippen LogP contribution in [0.25, 0.3) is 0 Å². The minimum absolute atomic E-state index is 0.0316. The van der Waals surface area contributed by atoms with E-state index in [2.05, 4.69) is 10.6 Å². The van der Waals surface area contributed by atoms with E-state index in [1.54, 1.807) is 11.3 Å². The van der Waals surface area contributed by atoms with Crippen molar-refractivity contribution in [3.63, 3.8) is 0 Å². The number of amides is 3. The second-order valence-electron chi connectivity index (χ2n) is 4.24. The number of hydrogen-bond acceptors (Lipinski definition) is 4. The predicted octanol–water partition coefficient (Wildman–Crippen LogP) is 0.574. The highest BCUT2D eigenvalue weighted by Crippen LogP contribution is 2.14. The van der Waals surface area contributed by atoms with E-state index < -0.39 is 23.9 Å². The Morgan fingerprint density at radius 1 is 1.40 bits per heavy atom. The van der Waals surface area contributed by atoms with Crippen molar-refractivity contribution in [3.05, 3.63) is 21.9 Å². The Balaban J connectivity index is 2.41. The number of nitrogens with one attached hydrogen (secondary N) is 2. The van der Waals surface area contributed by atoms with Crippen LogP contribution in [0.5, 0.6) is 0 Å². The van der Waals surface area contributed by atoms with E-state index in [0.717, 1.165) is 9.75 Å². The van der Waals surface area contributed by atoms with Crippen LogP contribution in [0.1, 0.15) is 22.6 Å². The number of thiophene rings is 1. The zero-order chi connectivity index (χ0) is 15.1. The summed E-state index contributed by atoms with van der Waals surface area (Å²) in [6, 6.07) is 2.11. The van der Waals surface area contributed by atoms with E-state index in [9.17, 15) is 14.4 Å². The average molecular weight is 299 g/mol. The fourth-order valence-electron chi connectivity index (χ4n) is 1.50. The molecule has 0 fully saturated rings. The molecule has 0 saturated carbocycles. The van der Waals surface area contributed by atoms with Crippen molar-refractivity contribution >= 4 is 29.2 Å². The Morgan fingerprint density at radius 2 is 2.10 bits per heavy atom. The maximum absolute atomic E-state index is 11.6. The first-order chi connectivity index (χ1) is 9.38. The number of nitrogens with two attached hydrogens (primary N) is 1. The predicted molar refractivity (Wildman–Crippen MR) is 74.3 cm³/mol. The van der Waals surface area contributed by atoms with E-state index in [4.69, 9.17) is 10.8 Å². The number of carboxylic acids is 1. The van der Waals surface area contributed by atoms with E-state index in [-0.39, 0.29) is 12.8 Å². The van der Waals surface area contributed by atoms with Gasteiger partial charge in [0.15, 0.2) is 0 Å². The van der Waals surface area contributed by atoms with Gasteiger partial charge in [0.25, 0.3) is 0 Å². The smallest absolute Gasteiger partial charge is 0.326 e. The second-order valence-corrected chi connectivity index (χ2v) is 5.61. The molecule has 8 heteroatoms. The number of carboxylic acid groups (broad SMARTS) is 1. The fourth-order valence-corrected chi connectivity index (χ4v) is 2.33. The van der Waals surface area contributed by atoms with Gasteiger partial charge in [-0.25, -0.2) is 9.59 Å². The van der Waals surface area contributed by atoms with Crippen LogP contribution in [0.15, 0.2) is 12.1 Å². The number of hydrogen-bond donors (Lipinski definition) is 4. The number of rotatable bonds is 7. The third kappa shape index (κ3) is 5.70. The lowest BCUT2D eigenvalue weighted by molar-refractivity contribution is -0.139. The van der Waals surface area contributed by atoms with Gasteiger partial charge < -0.3 is 21.5 Å². The van der Waals surface area contributed by atoms with Crippen LogP contribution >= 0.6 is 11.3 Å². The lowest BCUT2D eigenvalue weighted by Gasteiger charge is -2.14. The van der Waals surface area contributed by atoms with Gasteiger partial charge in [0.2, 0.25) is 5.91 Å². The molecule has 110 valence electrons. The number of carbonyl (C=O) groups is 3. The van der Waals surface area contributed by atoms with Gasteiger partial charge in [-0.3, -0.25) is 4.79 Å². The SMILES string of the molecule is Cc1ccc(CNC(=O)NC(CCC(N)=O)C(=O)O)s1. The van der Waals surface area contributed by atoms with Crippen LogP contribution in [-0.2, 0) is 16.1 Å². The topological polar surface area (TPSA) is 122 Å². The first-order valence-corrected chi connectivity index (χ1v) is 6.81. The molecule has 20 heavy (non-hydrogen) atoms. The van der Waals surface area contributed by atoms with E-state index in [1.807, 2.05) is 19.1 Å². The summed E-state index contributed by atoms with van der Waals surface area (Å²) in [4.78, 5) is 35.3. The highest BCUT2D eigenvalue weighted by molar-refractivity contribution is 7.11. The van der Waals surface area contributed by atoms with Crippen LogP contribution in [0.2, 0.25) is 0 Å². The van der Waals surface area contributed by atoms with E-state index in [1.165, 1.54) is 0 Å². The summed E-state index contributed by atoms with van der Waals surface area (Å²) < 4.78 is 0. The van der Waals surface area contributed by atoms with E-state index in [0.29, 0.717) is 6.54 Å². The molecule has 0 bridgehead atoms. The maximum atomic E-state index is 11.6. The molecule has 1 atom stereocenters. The summed E-state index contributed by atoms with van der Waals surface area (Å²) in [6.45, 7) is 2.28. The Hall–Kier alpha value is -2.09. The van der Waals surface area contributed by atoms with Crippen molar-refractivity contribution < 1.29 is 19.5 Å². The van der Waals surface area contributed by atoms with Crippen molar-refractivity contribution in [2.24, 2.45) is 5.73 Å². The summed E-state index contributed by atoms with van der Waals surface area (Å²) in [5.74, 6) is -1.80. The highest BCUT2D eigenvalue weighted by atomic mass is 32.1. The molecular formula is C12H17N3O4S. The lowest BCUT2D eigenvalue weighted by Crippen LogP contribution is -2.46. The molecule has 0 aromatic carbocycles. The fraction of sp³-hybridized carbons (Fsp3) is 0.417. The van der Waals surface area contributed by atoms with Crippen molar-refractivity contribution in [2.75, 3.05) is 0 Å². The molecule has 3 amide bonds. The number of primary amides is 1. The van der Waals surface area contributed by atoms with Gasteiger partial charge in [0.05, 0.1) is 6.54 Å². The molecule has 1 rings (SSSR count). The summed E-state index contributed by atoms with van der Waals surface area (Å²) in [5.41, 5.74) is 4.95. The van der Waals surface area contributed by atoms with E-state index >= 15 is 0 Å². The third-order valence-electron chi connectivity index (χ3n) is 2.50. The van der Waals surface area contributed by atoms with Crippen LogP contribution in [0.4, 0.5) is 4.79 Å². The molecule has 1 heterocycles. The summed E-state index contributed by atoms with van der Waals surface area (Å²) >= 11 is 1.55. The second kappa shape index (κ2) is 7.49. The Bertz CT molecular complexity index is 501. The number of urea groups is 1. The standard InChI is InChI=1S/C12H17N3O4S/c1-7-2-3-8(20-7)6-14-12(19)15-9(11(17)18)4-5-10(13)16/h2-3,9H,4-6H2,1H3,(H2,13,16)(H,17,18)(H2,14,15,19). The molecule has 1 aromatic rings. The molecule has 0 saturated heterocycles. The molecule has 0 aliphatic carbocycles. The van der Waals surface area contributed by atoms with Gasteiger partial charge in [0.1, 0.15) is 6.04 Å². The summed E-state index contributed by atoms with van der Waals surface area (Å²) in [7, 11) is 0. The highest BCUT2D eigenvalue weighted by Gasteiger charge is 2.20. The number of carbonyl (C=O) groups excluding carboxylic acids is 2. The Morgan fingerprint density at radius 3 is 2.60 bits per heavy atom. The molecule has 0 radical (unpaired) electrons. The first kappa shape index (κ1) is 16.0. The van der Waals surface area contributed by atoms with Crippen LogP contribution in [0, 0.1) is 6.92 Å². The summed E-state index contributed by atoms with van der Waals surface area (Å²) in [5, 5.41) is 13.8. The van der Waals surface area contributed by atoms with Crippen LogP contribution < -0.4 is 16.4 Å². The molecular weight excluding hydrogens is 282 g/mol. The monoisotopic (exact) mass is 299 g/mol. The minimum Gasteiger partial charge on any atom is -0.480 e. The molecule has 0 spiro atoms. The third-order valence-corrected chi connectivity index (χ3v) is 3.50. The number of aryl methyl sites for hydroxylation is 1. The van der Waals surface area contributed by atoms with Crippen molar-refractivity contribution in [2.45, 2.75) is 32.4 Å². The van der Waals surface area contributed by atoms with Gasteiger partial charge >= 0.3 is 12.0 Å². The van der Waals surface area contributed by atoms with Gasteiger partial charge in [0, 0.05) is 16.2 Å². The molecule has 1 aromatic heterocycles.